The highest BCUT2D eigenvalue weighted by Crippen LogP contribution is 2.19. The maximum Gasteiger partial charge on any atom is 0.165 e. The first-order chi connectivity index (χ1) is 9.72. The Morgan fingerprint density at radius 1 is 1.35 bits per heavy atom. The zero-order valence-electron chi connectivity index (χ0n) is 11.6. The zero-order valence-corrected chi connectivity index (χ0v) is 12.3. The summed E-state index contributed by atoms with van der Waals surface area (Å²) in [6.07, 6.45) is 0. The fourth-order valence-electron chi connectivity index (χ4n) is 1.89. The molecule has 2 aromatic rings. The fourth-order valence-corrected chi connectivity index (χ4v) is 2.01. The van der Waals surface area contributed by atoms with Crippen molar-refractivity contribution in [3.8, 4) is 0 Å². The Kier molecular flexibility index (Phi) is 5.46. The van der Waals surface area contributed by atoms with Crippen LogP contribution in [-0.2, 0) is 11.3 Å². The van der Waals surface area contributed by atoms with E-state index in [4.69, 9.17) is 16.3 Å². The van der Waals surface area contributed by atoms with Crippen molar-refractivity contribution in [1.82, 2.24) is 25.5 Å². The first-order valence-electron chi connectivity index (χ1n) is 6.44. The summed E-state index contributed by atoms with van der Waals surface area (Å²) in [6, 6.07) is 7.76. The summed E-state index contributed by atoms with van der Waals surface area (Å²) in [4.78, 5) is 0. The topological polar surface area (TPSA) is 64.9 Å². The molecular weight excluding hydrogens is 278 g/mol. The summed E-state index contributed by atoms with van der Waals surface area (Å²) in [7, 11) is 1.67. The molecule has 0 aliphatic carbocycles. The van der Waals surface area contributed by atoms with Crippen molar-refractivity contribution in [2.24, 2.45) is 0 Å². The van der Waals surface area contributed by atoms with E-state index in [1.165, 1.54) is 0 Å². The summed E-state index contributed by atoms with van der Waals surface area (Å²) in [5.74, 6) is 0.795. The number of tetrazole rings is 1. The molecule has 20 heavy (non-hydrogen) atoms. The fraction of sp³-hybridized carbons (Fsp3) is 0.462. The van der Waals surface area contributed by atoms with Crippen molar-refractivity contribution in [3.63, 3.8) is 0 Å². The van der Waals surface area contributed by atoms with Gasteiger partial charge in [0.15, 0.2) is 5.82 Å². The maximum absolute atomic E-state index is 5.90. The molecule has 6 nitrogen and oxygen atoms in total. The van der Waals surface area contributed by atoms with Gasteiger partial charge in [-0.05, 0) is 35.0 Å². The molecule has 0 aliphatic heterocycles. The molecule has 0 bridgehead atoms. The molecule has 1 aromatic carbocycles. The van der Waals surface area contributed by atoms with Crippen molar-refractivity contribution in [2.45, 2.75) is 19.5 Å². The molecule has 0 spiro atoms. The predicted molar refractivity (Wildman–Crippen MR) is 76.7 cm³/mol. The van der Waals surface area contributed by atoms with Gasteiger partial charge in [0.25, 0.3) is 0 Å². The van der Waals surface area contributed by atoms with Gasteiger partial charge in [-0.3, -0.25) is 0 Å². The molecule has 1 atom stereocenters. The van der Waals surface area contributed by atoms with Gasteiger partial charge < -0.3 is 10.1 Å². The third-order valence-corrected chi connectivity index (χ3v) is 3.30. The Labute approximate surface area is 123 Å². The number of ether oxygens (including phenoxy) is 1. The predicted octanol–water partition coefficient (Wildman–Crippen LogP) is 1.67. The van der Waals surface area contributed by atoms with Gasteiger partial charge in [-0.2, -0.15) is 0 Å². The van der Waals surface area contributed by atoms with E-state index in [-0.39, 0.29) is 6.04 Å². The highest BCUT2D eigenvalue weighted by atomic mass is 35.5. The smallest absolute Gasteiger partial charge is 0.165 e. The number of halogens is 1. The third kappa shape index (κ3) is 3.75. The van der Waals surface area contributed by atoms with E-state index in [1.54, 1.807) is 7.11 Å². The van der Waals surface area contributed by atoms with Crippen molar-refractivity contribution < 1.29 is 4.74 Å². The van der Waals surface area contributed by atoms with E-state index in [9.17, 15) is 0 Å². The van der Waals surface area contributed by atoms with Crippen LogP contribution < -0.4 is 5.32 Å². The summed E-state index contributed by atoms with van der Waals surface area (Å²) >= 11 is 5.90. The largest absolute Gasteiger partial charge is 0.383 e. The van der Waals surface area contributed by atoms with Crippen LogP contribution in [0.1, 0.15) is 24.4 Å². The van der Waals surface area contributed by atoms with Crippen LogP contribution in [0.25, 0.3) is 0 Å². The van der Waals surface area contributed by atoms with Gasteiger partial charge >= 0.3 is 0 Å². The van der Waals surface area contributed by atoms with Gasteiger partial charge in [-0.1, -0.05) is 23.7 Å². The molecule has 1 heterocycles. The summed E-state index contributed by atoms with van der Waals surface area (Å²) in [5, 5.41) is 15.8. The molecule has 108 valence electrons. The number of hydrogen-bond donors (Lipinski definition) is 1. The Bertz CT molecular complexity index is 528. The molecule has 1 unspecified atom stereocenters. The minimum absolute atomic E-state index is 0.0569. The van der Waals surface area contributed by atoms with Crippen LogP contribution in [0.2, 0.25) is 5.02 Å². The number of nitrogens with one attached hydrogen (secondary N) is 1. The normalized spacial score (nSPS) is 12.6. The Morgan fingerprint density at radius 2 is 2.10 bits per heavy atom. The lowest BCUT2D eigenvalue weighted by Crippen LogP contribution is -2.22. The lowest BCUT2D eigenvalue weighted by atomic mass is 10.1. The number of rotatable bonds is 7. The lowest BCUT2D eigenvalue weighted by Gasteiger charge is -2.14. The van der Waals surface area contributed by atoms with Crippen LogP contribution in [-0.4, -0.2) is 40.5 Å². The minimum atomic E-state index is 0.0569. The van der Waals surface area contributed by atoms with E-state index >= 15 is 0 Å². The van der Waals surface area contributed by atoms with Crippen LogP contribution in [0.5, 0.6) is 0 Å². The number of benzene rings is 1. The summed E-state index contributed by atoms with van der Waals surface area (Å²) in [5.41, 5.74) is 1.11. The number of hydrogen-bond acceptors (Lipinski definition) is 5. The average molecular weight is 296 g/mol. The summed E-state index contributed by atoms with van der Waals surface area (Å²) < 4.78 is 6.79. The molecule has 0 saturated carbocycles. The van der Waals surface area contributed by atoms with E-state index in [2.05, 4.69) is 27.8 Å². The number of methoxy groups -OCH3 is 1. The van der Waals surface area contributed by atoms with Crippen molar-refractivity contribution in [1.29, 1.82) is 0 Å². The van der Waals surface area contributed by atoms with Crippen molar-refractivity contribution in [3.05, 3.63) is 40.7 Å². The second-order valence-corrected chi connectivity index (χ2v) is 4.87. The van der Waals surface area contributed by atoms with E-state index in [1.807, 2.05) is 28.9 Å². The molecule has 0 fully saturated rings. The molecule has 2 rings (SSSR count). The second kappa shape index (κ2) is 7.33. The van der Waals surface area contributed by atoms with Crippen LogP contribution in [0.3, 0.4) is 0 Å². The van der Waals surface area contributed by atoms with E-state index in [0.717, 1.165) is 23.0 Å². The molecule has 7 heteroatoms. The molecule has 1 N–H and O–H groups in total. The highest BCUT2D eigenvalue weighted by Gasteiger charge is 2.14. The Hall–Kier alpha value is -1.50. The molecule has 0 radical (unpaired) electrons. The third-order valence-electron chi connectivity index (χ3n) is 3.05. The minimum Gasteiger partial charge on any atom is -0.383 e. The zero-order chi connectivity index (χ0) is 14.4. The van der Waals surface area contributed by atoms with Crippen LogP contribution in [0.4, 0.5) is 0 Å². The monoisotopic (exact) mass is 295 g/mol. The van der Waals surface area contributed by atoms with Gasteiger partial charge in [0.1, 0.15) is 0 Å². The SMILES string of the molecule is COCCNCc1nnnn1C(C)c1ccc(Cl)cc1. The average Bonchev–Trinajstić information content (AvgIpc) is 2.92. The van der Waals surface area contributed by atoms with Gasteiger partial charge in [0, 0.05) is 18.7 Å². The number of nitrogens with zero attached hydrogens (tertiary/aromatic N) is 4. The maximum atomic E-state index is 5.90. The van der Waals surface area contributed by atoms with Crippen molar-refractivity contribution >= 4 is 11.6 Å². The van der Waals surface area contributed by atoms with Crippen LogP contribution in [0, 0.1) is 0 Å². The van der Waals surface area contributed by atoms with Gasteiger partial charge in [-0.15, -0.1) is 5.10 Å². The Balaban J connectivity index is 2.04. The van der Waals surface area contributed by atoms with Gasteiger partial charge in [0.05, 0.1) is 19.2 Å². The van der Waals surface area contributed by atoms with Gasteiger partial charge in [-0.25, -0.2) is 4.68 Å². The quantitative estimate of drug-likeness (QED) is 0.787. The number of aromatic nitrogens is 4. The molecule has 0 saturated heterocycles. The lowest BCUT2D eigenvalue weighted by molar-refractivity contribution is 0.198. The first-order valence-corrected chi connectivity index (χ1v) is 6.82. The molecule has 0 amide bonds. The molecule has 0 aliphatic rings. The van der Waals surface area contributed by atoms with Crippen LogP contribution >= 0.6 is 11.6 Å². The standard InChI is InChI=1S/C13H18ClN5O/c1-10(11-3-5-12(14)6-4-11)19-13(16-17-18-19)9-15-7-8-20-2/h3-6,10,15H,7-9H2,1-2H3. The molecule has 1 aromatic heterocycles. The summed E-state index contributed by atoms with van der Waals surface area (Å²) in [6.45, 7) is 4.08. The van der Waals surface area contributed by atoms with Crippen LogP contribution in [0.15, 0.2) is 24.3 Å². The Morgan fingerprint density at radius 3 is 2.80 bits per heavy atom. The second-order valence-electron chi connectivity index (χ2n) is 4.44. The highest BCUT2D eigenvalue weighted by molar-refractivity contribution is 6.30. The van der Waals surface area contributed by atoms with Gasteiger partial charge in [0.2, 0.25) is 0 Å². The molecular formula is C13H18ClN5O. The van der Waals surface area contributed by atoms with Crippen molar-refractivity contribution in [2.75, 3.05) is 20.3 Å². The first kappa shape index (κ1) is 14.9. The van der Waals surface area contributed by atoms with E-state index in [0.29, 0.717) is 13.2 Å². The van der Waals surface area contributed by atoms with E-state index < -0.39 is 0 Å².